The predicted molar refractivity (Wildman–Crippen MR) is 87.6 cm³/mol. The van der Waals surface area contributed by atoms with Gasteiger partial charge in [-0.2, -0.15) is 0 Å². The molecule has 1 unspecified atom stereocenters. The van der Waals surface area contributed by atoms with Crippen molar-refractivity contribution in [3.05, 3.63) is 29.4 Å². The van der Waals surface area contributed by atoms with Crippen molar-refractivity contribution < 1.29 is 4.74 Å². The number of ether oxygens (including phenoxy) is 1. The summed E-state index contributed by atoms with van der Waals surface area (Å²) in [6, 6.07) is 6.26. The fourth-order valence-corrected chi connectivity index (χ4v) is 3.48. The molecule has 0 radical (unpaired) electrons. The molecule has 116 valence electrons. The molecule has 0 bridgehead atoms. The van der Waals surface area contributed by atoms with Gasteiger partial charge in [-0.25, -0.2) is 4.98 Å². The van der Waals surface area contributed by atoms with E-state index in [0.29, 0.717) is 11.1 Å². The summed E-state index contributed by atoms with van der Waals surface area (Å²) >= 11 is 6.00. The summed E-state index contributed by atoms with van der Waals surface area (Å²) in [5.74, 6) is 0.964. The first-order chi connectivity index (χ1) is 10.8. The molecule has 1 atom stereocenters. The Morgan fingerprint density at radius 1 is 1.14 bits per heavy atom. The molecule has 1 aromatic carbocycles. The summed E-state index contributed by atoms with van der Waals surface area (Å²) in [5.41, 5.74) is 1.75. The van der Waals surface area contributed by atoms with Crippen molar-refractivity contribution in [2.24, 2.45) is 0 Å². The van der Waals surface area contributed by atoms with Gasteiger partial charge in [0.05, 0.1) is 30.4 Å². The molecule has 0 N–H and O–H groups in total. The fraction of sp³-hybridized carbons (Fsp3) is 0.500. The maximum Gasteiger partial charge on any atom is 0.147 e. The van der Waals surface area contributed by atoms with Crippen LogP contribution in [-0.4, -0.2) is 60.3 Å². The third-order valence-corrected chi connectivity index (χ3v) is 4.78. The summed E-state index contributed by atoms with van der Waals surface area (Å²) in [5, 5.41) is 0.697. The zero-order chi connectivity index (χ0) is 14.9. The van der Waals surface area contributed by atoms with Gasteiger partial charge >= 0.3 is 0 Å². The van der Waals surface area contributed by atoms with E-state index in [4.69, 9.17) is 21.3 Å². The molecule has 0 saturated carbocycles. The van der Waals surface area contributed by atoms with Crippen LogP contribution in [0.1, 0.15) is 6.42 Å². The predicted octanol–water partition coefficient (Wildman–Crippen LogP) is 2.19. The second-order valence-electron chi connectivity index (χ2n) is 5.90. The first-order valence-corrected chi connectivity index (χ1v) is 8.16. The van der Waals surface area contributed by atoms with Crippen LogP contribution in [0, 0.1) is 0 Å². The van der Waals surface area contributed by atoms with Crippen molar-refractivity contribution in [3.63, 3.8) is 0 Å². The Morgan fingerprint density at radius 3 is 2.86 bits per heavy atom. The van der Waals surface area contributed by atoms with E-state index in [1.165, 1.54) is 6.42 Å². The Labute approximate surface area is 134 Å². The number of fused-ring (bicyclic) bond motifs is 1. The highest BCUT2D eigenvalue weighted by Gasteiger charge is 2.29. The van der Waals surface area contributed by atoms with Gasteiger partial charge in [0, 0.05) is 37.2 Å². The van der Waals surface area contributed by atoms with Gasteiger partial charge in [0.25, 0.3) is 0 Å². The van der Waals surface area contributed by atoms with Gasteiger partial charge in [0.1, 0.15) is 5.82 Å². The number of morpholine rings is 1. The second kappa shape index (κ2) is 5.99. The van der Waals surface area contributed by atoms with Crippen LogP contribution >= 0.6 is 11.6 Å². The molecular weight excluding hydrogens is 300 g/mol. The molecule has 2 aliphatic rings. The molecule has 2 saturated heterocycles. The highest BCUT2D eigenvalue weighted by molar-refractivity contribution is 6.31. The highest BCUT2D eigenvalue weighted by Crippen LogP contribution is 2.24. The number of aromatic nitrogens is 2. The van der Waals surface area contributed by atoms with E-state index in [2.05, 4.69) is 14.8 Å². The lowest BCUT2D eigenvalue weighted by molar-refractivity contribution is 0.0209. The maximum atomic E-state index is 6.00. The molecule has 2 aliphatic heterocycles. The van der Waals surface area contributed by atoms with Crippen LogP contribution in [0.15, 0.2) is 24.4 Å². The minimum Gasteiger partial charge on any atom is -0.379 e. The van der Waals surface area contributed by atoms with Crippen LogP contribution in [0.3, 0.4) is 0 Å². The van der Waals surface area contributed by atoms with E-state index in [0.717, 1.165) is 56.2 Å². The third kappa shape index (κ3) is 2.76. The van der Waals surface area contributed by atoms with Crippen molar-refractivity contribution in [2.75, 3.05) is 44.3 Å². The number of benzene rings is 1. The molecule has 0 spiro atoms. The zero-order valence-electron chi connectivity index (χ0n) is 12.4. The normalized spacial score (nSPS) is 23.3. The molecular formula is C16H19ClN4O. The smallest absolute Gasteiger partial charge is 0.147 e. The average molecular weight is 319 g/mol. The van der Waals surface area contributed by atoms with E-state index in [9.17, 15) is 0 Å². The first kappa shape index (κ1) is 14.2. The van der Waals surface area contributed by atoms with Gasteiger partial charge in [0.2, 0.25) is 0 Å². The van der Waals surface area contributed by atoms with E-state index >= 15 is 0 Å². The van der Waals surface area contributed by atoms with E-state index < -0.39 is 0 Å². The number of rotatable bonds is 2. The number of nitrogens with zero attached hydrogens (tertiary/aromatic N) is 4. The Morgan fingerprint density at radius 2 is 2.00 bits per heavy atom. The largest absolute Gasteiger partial charge is 0.379 e. The molecule has 6 heteroatoms. The number of hydrogen-bond acceptors (Lipinski definition) is 5. The standard InChI is InChI=1S/C16H19ClN4O/c17-12-1-2-14-15(9-12)18-10-16(19-14)21-4-3-13(11-21)20-5-7-22-8-6-20/h1-2,9-10,13H,3-8,11H2. The minimum absolute atomic E-state index is 0.603. The van der Waals surface area contributed by atoms with Gasteiger partial charge in [-0.1, -0.05) is 11.6 Å². The van der Waals surface area contributed by atoms with Crippen LogP contribution in [0.5, 0.6) is 0 Å². The quantitative estimate of drug-likeness (QED) is 0.849. The molecule has 2 fully saturated rings. The Hall–Kier alpha value is -1.43. The van der Waals surface area contributed by atoms with Crippen LogP contribution in [0.4, 0.5) is 5.82 Å². The molecule has 4 rings (SSSR count). The molecule has 3 heterocycles. The molecule has 0 aliphatic carbocycles. The van der Waals surface area contributed by atoms with Gasteiger partial charge in [-0.15, -0.1) is 0 Å². The number of anilines is 1. The lowest BCUT2D eigenvalue weighted by Gasteiger charge is -2.32. The maximum absolute atomic E-state index is 6.00. The number of halogens is 1. The van der Waals surface area contributed by atoms with Crippen molar-refractivity contribution >= 4 is 28.5 Å². The first-order valence-electron chi connectivity index (χ1n) is 7.79. The Kier molecular flexibility index (Phi) is 3.86. The summed E-state index contributed by atoms with van der Waals surface area (Å²) in [7, 11) is 0. The molecule has 0 amide bonds. The van der Waals surface area contributed by atoms with E-state index in [1.54, 1.807) is 0 Å². The molecule has 2 aromatic rings. The summed E-state index contributed by atoms with van der Waals surface area (Å²) < 4.78 is 5.44. The topological polar surface area (TPSA) is 41.5 Å². The average Bonchev–Trinajstić information content (AvgIpc) is 3.05. The monoisotopic (exact) mass is 318 g/mol. The number of hydrogen-bond donors (Lipinski definition) is 0. The highest BCUT2D eigenvalue weighted by atomic mass is 35.5. The van der Waals surface area contributed by atoms with Gasteiger partial charge in [-0.05, 0) is 24.6 Å². The van der Waals surface area contributed by atoms with Crippen LogP contribution in [0.25, 0.3) is 11.0 Å². The third-order valence-electron chi connectivity index (χ3n) is 4.54. The van der Waals surface area contributed by atoms with Gasteiger partial charge < -0.3 is 9.64 Å². The van der Waals surface area contributed by atoms with Crippen molar-refractivity contribution in [2.45, 2.75) is 12.5 Å². The molecule has 5 nitrogen and oxygen atoms in total. The minimum atomic E-state index is 0.603. The zero-order valence-corrected chi connectivity index (χ0v) is 13.2. The lowest BCUT2D eigenvalue weighted by Crippen LogP contribution is -2.44. The Bertz CT molecular complexity index is 674. The van der Waals surface area contributed by atoms with Crippen molar-refractivity contribution in [1.29, 1.82) is 0 Å². The fourth-order valence-electron chi connectivity index (χ4n) is 3.32. The summed E-state index contributed by atoms with van der Waals surface area (Å²) in [6.45, 7) is 5.85. The van der Waals surface area contributed by atoms with Gasteiger partial charge in [0.15, 0.2) is 0 Å². The summed E-state index contributed by atoms with van der Waals surface area (Å²) in [6.07, 6.45) is 3.04. The van der Waals surface area contributed by atoms with Crippen LogP contribution < -0.4 is 4.90 Å². The second-order valence-corrected chi connectivity index (χ2v) is 6.33. The van der Waals surface area contributed by atoms with Crippen molar-refractivity contribution in [1.82, 2.24) is 14.9 Å². The SMILES string of the molecule is Clc1ccc2nc(N3CCC(N4CCOCC4)C3)cnc2c1. The van der Waals surface area contributed by atoms with E-state index in [1.807, 2.05) is 24.4 Å². The molecule has 1 aromatic heterocycles. The van der Waals surface area contributed by atoms with Crippen molar-refractivity contribution in [3.8, 4) is 0 Å². The summed E-state index contributed by atoms with van der Waals surface area (Å²) in [4.78, 5) is 14.1. The lowest BCUT2D eigenvalue weighted by atomic mass is 10.2. The van der Waals surface area contributed by atoms with Gasteiger partial charge in [-0.3, -0.25) is 9.88 Å². The Balaban J connectivity index is 1.51. The van der Waals surface area contributed by atoms with Crippen LogP contribution in [-0.2, 0) is 4.74 Å². The van der Waals surface area contributed by atoms with Crippen LogP contribution in [0.2, 0.25) is 5.02 Å². The molecule has 22 heavy (non-hydrogen) atoms. The van der Waals surface area contributed by atoms with E-state index in [-0.39, 0.29) is 0 Å².